The molecule has 5 heteroatoms. The van der Waals surface area contributed by atoms with Crippen molar-refractivity contribution in [1.82, 2.24) is 0 Å². The molecule has 0 saturated heterocycles. The smallest absolute Gasteiger partial charge is 0.343 e. The first-order valence-electron chi connectivity index (χ1n) is 9.36. The summed E-state index contributed by atoms with van der Waals surface area (Å²) in [5.74, 6) is -3.12. The molecule has 0 fully saturated rings. The predicted molar refractivity (Wildman–Crippen MR) is 105 cm³/mol. The highest BCUT2D eigenvalue weighted by Crippen LogP contribution is 2.35. The first-order chi connectivity index (χ1) is 14.0. The van der Waals surface area contributed by atoms with Crippen molar-refractivity contribution in [1.29, 1.82) is 5.26 Å². The van der Waals surface area contributed by atoms with Crippen molar-refractivity contribution >= 4 is 5.97 Å². The molecule has 0 heterocycles. The van der Waals surface area contributed by atoms with Crippen LogP contribution in [0.3, 0.4) is 0 Å². The van der Waals surface area contributed by atoms with Crippen LogP contribution < -0.4 is 4.74 Å². The highest BCUT2D eigenvalue weighted by Gasteiger charge is 2.20. The van der Waals surface area contributed by atoms with Gasteiger partial charge in [0.05, 0.1) is 5.56 Å². The average molecular weight is 389 g/mol. The fourth-order valence-electron chi connectivity index (χ4n) is 3.68. The summed E-state index contributed by atoms with van der Waals surface area (Å²) < 4.78 is 32.6. The van der Waals surface area contributed by atoms with Crippen LogP contribution in [-0.4, -0.2) is 5.97 Å². The minimum absolute atomic E-state index is 0.279. The van der Waals surface area contributed by atoms with E-state index in [9.17, 15) is 13.6 Å². The summed E-state index contributed by atoms with van der Waals surface area (Å²) in [7, 11) is 0. The van der Waals surface area contributed by atoms with E-state index in [-0.39, 0.29) is 5.75 Å². The van der Waals surface area contributed by atoms with E-state index >= 15 is 0 Å². The number of hydrogen-bond acceptors (Lipinski definition) is 3. The molecule has 29 heavy (non-hydrogen) atoms. The van der Waals surface area contributed by atoms with Crippen molar-refractivity contribution in [2.45, 2.75) is 26.2 Å². The summed E-state index contributed by atoms with van der Waals surface area (Å²) in [5, 5.41) is 8.72. The number of carbonyl (C=O) groups excluding carboxylic acids is 1. The Morgan fingerprint density at radius 3 is 2.24 bits per heavy atom. The quantitative estimate of drug-likeness (QED) is 0.446. The number of rotatable bonds is 3. The van der Waals surface area contributed by atoms with E-state index in [1.807, 2.05) is 6.07 Å². The second-order valence-corrected chi connectivity index (χ2v) is 6.98. The number of nitriles is 1. The molecule has 0 atom stereocenters. The van der Waals surface area contributed by atoms with Crippen LogP contribution in [0.25, 0.3) is 11.1 Å². The minimum atomic E-state index is -1.07. The second kappa shape index (κ2) is 7.48. The zero-order valence-electron chi connectivity index (χ0n) is 15.8. The van der Waals surface area contributed by atoms with E-state index in [1.54, 1.807) is 12.1 Å². The van der Waals surface area contributed by atoms with Gasteiger partial charge in [0.1, 0.15) is 29.0 Å². The normalized spacial score (nSPS) is 11.9. The van der Waals surface area contributed by atoms with E-state index < -0.39 is 23.2 Å². The molecule has 1 aliphatic carbocycles. The third-order valence-electron chi connectivity index (χ3n) is 5.21. The van der Waals surface area contributed by atoms with Crippen LogP contribution in [0.15, 0.2) is 48.5 Å². The van der Waals surface area contributed by atoms with Crippen LogP contribution in [0.5, 0.6) is 5.75 Å². The lowest BCUT2D eigenvalue weighted by atomic mass is 9.84. The van der Waals surface area contributed by atoms with Gasteiger partial charge in [-0.2, -0.15) is 5.26 Å². The van der Waals surface area contributed by atoms with Crippen LogP contribution in [-0.2, 0) is 19.3 Å². The molecule has 0 unspecified atom stereocenters. The largest absolute Gasteiger partial charge is 0.423 e. The number of carbonyl (C=O) groups is 1. The Kier molecular flexibility index (Phi) is 4.85. The molecule has 0 bridgehead atoms. The minimum Gasteiger partial charge on any atom is -0.423 e. The van der Waals surface area contributed by atoms with Gasteiger partial charge in [-0.15, -0.1) is 0 Å². The molecule has 0 spiro atoms. The molecule has 3 aromatic carbocycles. The van der Waals surface area contributed by atoms with Crippen molar-refractivity contribution in [2.24, 2.45) is 0 Å². The average Bonchev–Trinajstić information content (AvgIpc) is 2.72. The molecular weight excluding hydrogens is 372 g/mol. The third kappa shape index (κ3) is 3.50. The van der Waals surface area contributed by atoms with Crippen LogP contribution in [0.2, 0.25) is 0 Å². The number of esters is 1. The highest BCUT2D eigenvalue weighted by molar-refractivity contribution is 5.92. The Balaban J connectivity index is 1.61. The summed E-state index contributed by atoms with van der Waals surface area (Å²) in [6.07, 6.45) is 2.68. The Morgan fingerprint density at radius 1 is 1.00 bits per heavy atom. The monoisotopic (exact) mass is 389 g/mol. The summed E-state index contributed by atoms with van der Waals surface area (Å²) in [6, 6.07) is 14.9. The highest BCUT2D eigenvalue weighted by atomic mass is 19.1. The summed E-state index contributed by atoms with van der Waals surface area (Å²) >= 11 is 0. The number of fused-ring (bicyclic) bond motifs is 3. The molecule has 0 radical (unpaired) electrons. The maximum absolute atomic E-state index is 13.7. The molecule has 144 valence electrons. The number of ether oxygens (including phenoxy) is 1. The van der Waals surface area contributed by atoms with Gasteiger partial charge in [0, 0.05) is 12.1 Å². The van der Waals surface area contributed by atoms with Crippen molar-refractivity contribution in [2.75, 3.05) is 0 Å². The number of benzene rings is 3. The lowest BCUT2D eigenvalue weighted by molar-refractivity contribution is 0.0734. The van der Waals surface area contributed by atoms with Crippen LogP contribution in [0, 0.1) is 23.0 Å². The Morgan fingerprint density at radius 2 is 1.62 bits per heavy atom. The van der Waals surface area contributed by atoms with Crippen molar-refractivity contribution in [3.8, 4) is 22.9 Å². The summed E-state index contributed by atoms with van der Waals surface area (Å²) in [6.45, 7) is 2.13. The first kappa shape index (κ1) is 18.8. The number of hydrogen-bond donors (Lipinski definition) is 0. The van der Waals surface area contributed by atoms with E-state index in [4.69, 9.17) is 10.00 Å². The van der Waals surface area contributed by atoms with Gasteiger partial charge in [0.15, 0.2) is 0 Å². The zero-order valence-corrected chi connectivity index (χ0v) is 15.8. The van der Waals surface area contributed by atoms with E-state index in [1.165, 1.54) is 22.8 Å². The molecule has 1 aliphatic rings. The van der Waals surface area contributed by atoms with Gasteiger partial charge in [-0.25, -0.2) is 13.6 Å². The molecule has 0 aliphatic heterocycles. The van der Waals surface area contributed by atoms with Gasteiger partial charge in [0.2, 0.25) is 0 Å². The number of aryl methyl sites for hydroxylation is 3. The van der Waals surface area contributed by atoms with Gasteiger partial charge in [-0.1, -0.05) is 31.2 Å². The van der Waals surface area contributed by atoms with Gasteiger partial charge >= 0.3 is 5.97 Å². The van der Waals surface area contributed by atoms with Gasteiger partial charge in [0.25, 0.3) is 0 Å². The van der Waals surface area contributed by atoms with Crippen LogP contribution in [0.1, 0.15) is 39.5 Å². The number of halogens is 2. The molecule has 0 aromatic heterocycles. The first-order valence-corrected chi connectivity index (χ1v) is 9.36. The Hall–Kier alpha value is -3.52. The molecule has 3 aromatic rings. The topological polar surface area (TPSA) is 50.1 Å². The lowest BCUT2D eigenvalue weighted by Crippen LogP contribution is -2.12. The number of nitrogens with zero attached hydrogens (tertiary/aromatic N) is 1. The second-order valence-electron chi connectivity index (χ2n) is 6.98. The summed E-state index contributed by atoms with van der Waals surface area (Å²) in [5.41, 5.74) is 5.49. The van der Waals surface area contributed by atoms with Crippen LogP contribution >= 0.6 is 0 Å². The third-order valence-corrected chi connectivity index (χ3v) is 5.21. The molecule has 4 rings (SSSR count). The maximum Gasteiger partial charge on any atom is 0.343 e. The Labute approximate surface area is 167 Å². The fraction of sp³-hybridized carbons (Fsp3) is 0.167. The van der Waals surface area contributed by atoms with Crippen molar-refractivity contribution in [3.63, 3.8) is 0 Å². The van der Waals surface area contributed by atoms with E-state index in [0.29, 0.717) is 5.56 Å². The van der Waals surface area contributed by atoms with Gasteiger partial charge in [-0.05, 0) is 59.2 Å². The van der Waals surface area contributed by atoms with Crippen molar-refractivity contribution < 1.29 is 18.3 Å². The standard InChI is InChI=1S/C24H17F2NO2/c1-2-14-3-7-19-15(9-14)4-5-16-10-17(6-8-20(16)19)24(28)29-18-11-22(25)21(13-27)23(26)12-18/h3,6-12H,2,4-5H2,1H3. The Bertz CT molecular complexity index is 1150. The van der Waals surface area contributed by atoms with Crippen molar-refractivity contribution in [3.05, 3.63) is 88.0 Å². The van der Waals surface area contributed by atoms with Crippen LogP contribution in [0.4, 0.5) is 8.78 Å². The zero-order chi connectivity index (χ0) is 20.5. The molecule has 0 saturated carbocycles. The van der Waals surface area contributed by atoms with E-state index in [2.05, 4.69) is 25.1 Å². The lowest BCUT2D eigenvalue weighted by Gasteiger charge is -2.21. The summed E-state index contributed by atoms with van der Waals surface area (Å²) in [4.78, 5) is 12.5. The van der Waals surface area contributed by atoms with Gasteiger partial charge in [-0.3, -0.25) is 0 Å². The SMILES string of the molecule is CCc1ccc2c(c1)CCc1cc(C(=O)Oc3cc(F)c(C#N)c(F)c3)ccc1-2. The molecular formula is C24H17F2NO2. The fourth-order valence-corrected chi connectivity index (χ4v) is 3.68. The molecule has 3 nitrogen and oxygen atoms in total. The van der Waals surface area contributed by atoms with Gasteiger partial charge < -0.3 is 4.74 Å². The maximum atomic E-state index is 13.7. The predicted octanol–water partition coefficient (Wildman–Crippen LogP) is 5.38. The molecule has 0 N–H and O–H groups in total. The molecule has 0 amide bonds. The van der Waals surface area contributed by atoms with E-state index in [0.717, 1.165) is 42.5 Å².